The zero-order valence-corrected chi connectivity index (χ0v) is 12.4. The summed E-state index contributed by atoms with van der Waals surface area (Å²) in [7, 11) is 1.53. The Morgan fingerprint density at radius 1 is 1.67 bits per heavy atom. The molecule has 0 aromatic carbocycles. The molecule has 4 nitrogen and oxygen atoms in total. The Hall–Kier alpha value is -0.270. The zero-order valence-electron chi connectivity index (χ0n) is 10.0. The maximum Gasteiger partial charge on any atom is 0.230 e. The Bertz CT molecular complexity index is 373. The summed E-state index contributed by atoms with van der Waals surface area (Å²) in [6.07, 6.45) is 0. The third kappa shape index (κ3) is 6.06. The number of methoxy groups -OCH3 is 1. The fourth-order valence-electron chi connectivity index (χ4n) is 1.28. The van der Waals surface area contributed by atoms with Crippen LogP contribution >= 0.6 is 34.7 Å². The van der Waals surface area contributed by atoms with Crippen molar-refractivity contribution in [3.63, 3.8) is 0 Å². The van der Waals surface area contributed by atoms with Gasteiger partial charge in [-0.3, -0.25) is 4.79 Å². The summed E-state index contributed by atoms with van der Waals surface area (Å²) in [6, 6.07) is 3.47. The molecule has 0 aliphatic rings. The number of nitrogens with one attached hydrogen (secondary N) is 1. The highest BCUT2D eigenvalue weighted by Gasteiger charge is 2.11. The van der Waals surface area contributed by atoms with Crippen molar-refractivity contribution in [3.05, 3.63) is 21.3 Å². The number of carbonyl (C=O) groups is 1. The van der Waals surface area contributed by atoms with Gasteiger partial charge in [-0.15, -0.1) is 23.1 Å². The molecule has 1 heterocycles. The van der Waals surface area contributed by atoms with Gasteiger partial charge in [0.05, 0.1) is 29.3 Å². The molecule has 0 fully saturated rings. The van der Waals surface area contributed by atoms with Crippen molar-refractivity contribution in [1.82, 2.24) is 5.32 Å². The fourth-order valence-corrected chi connectivity index (χ4v) is 3.32. The number of amides is 1. The quantitative estimate of drug-likeness (QED) is 0.768. The van der Waals surface area contributed by atoms with Gasteiger partial charge in [0.25, 0.3) is 0 Å². The average molecular weight is 310 g/mol. The van der Waals surface area contributed by atoms with Crippen LogP contribution in [0.25, 0.3) is 0 Å². The minimum atomic E-state index is -0.334. The van der Waals surface area contributed by atoms with Crippen LogP contribution in [0.5, 0.6) is 0 Å². The average Bonchev–Trinajstić information content (AvgIpc) is 2.74. The number of carbonyl (C=O) groups excluding carboxylic acids is 1. The van der Waals surface area contributed by atoms with E-state index >= 15 is 0 Å². The molecule has 0 aliphatic heterocycles. The van der Waals surface area contributed by atoms with Crippen molar-refractivity contribution in [2.75, 3.05) is 26.1 Å². The first kappa shape index (κ1) is 15.8. The number of hydrogen-bond acceptors (Lipinski definition) is 5. The van der Waals surface area contributed by atoms with Gasteiger partial charge in [-0.05, 0) is 12.1 Å². The molecule has 1 atom stereocenters. The van der Waals surface area contributed by atoms with Gasteiger partial charge in [-0.1, -0.05) is 11.6 Å². The highest BCUT2D eigenvalue weighted by Crippen LogP contribution is 2.24. The molecule has 0 bridgehead atoms. The number of aliphatic hydroxyl groups excluding tert-OH is 1. The lowest BCUT2D eigenvalue weighted by molar-refractivity contribution is -0.120. The largest absolute Gasteiger partial charge is 0.394 e. The number of thioether (sulfide) groups is 1. The van der Waals surface area contributed by atoms with E-state index in [1.165, 1.54) is 30.2 Å². The Morgan fingerprint density at radius 3 is 3.00 bits per heavy atom. The molecule has 1 aromatic heterocycles. The van der Waals surface area contributed by atoms with Crippen molar-refractivity contribution in [1.29, 1.82) is 0 Å². The number of rotatable bonds is 8. The van der Waals surface area contributed by atoms with Crippen LogP contribution in [0.4, 0.5) is 0 Å². The second-order valence-electron chi connectivity index (χ2n) is 3.60. The van der Waals surface area contributed by atoms with E-state index in [1.807, 2.05) is 12.1 Å². The van der Waals surface area contributed by atoms with Crippen LogP contribution in [-0.2, 0) is 15.3 Å². The van der Waals surface area contributed by atoms with Gasteiger partial charge in [0.15, 0.2) is 0 Å². The van der Waals surface area contributed by atoms with Crippen LogP contribution in [0.3, 0.4) is 0 Å². The van der Waals surface area contributed by atoms with E-state index < -0.39 is 0 Å². The second kappa shape index (κ2) is 8.77. The lowest BCUT2D eigenvalue weighted by Crippen LogP contribution is -2.41. The Labute approximate surface area is 120 Å². The lowest BCUT2D eigenvalue weighted by atomic mass is 10.3. The first-order chi connectivity index (χ1) is 8.65. The molecular weight excluding hydrogens is 294 g/mol. The van der Waals surface area contributed by atoms with E-state index in [2.05, 4.69) is 5.32 Å². The maximum absolute atomic E-state index is 11.6. The first-order valence-electron chi connectivity index (χ1n) is 5.36. The van der Waals surface area contributed by atoms with E-state index in [-0.39, 0.29) is 18.6 Å². The molecule has 102 valence electrons. The third-order valence-electron chi connectivity index (χ3n) is 2.06. The summed E-state index contributed by atoms with van der Waals surface area (Å²) >= 11 is 8.85. The number of thiophene rings is 1. The summed E-state index contributed by atoms with van der Waals surface area (Å²) in [5, 5.41) is 11.7. The standard InChI is InChI=1S/C11H16ClNO3S2/c1-16-5-8(4-14)13-11(15)7-17-6-9-2-3-10(12)18-9/h2-3,8,14H,4-7H2,1H3,(H,13,15). The minimum Gasteiger partial charge on any atom is -0.394 e. The molecule has 1 unspecified atom stereocenters. The van der Waals surface area contributed by atoms with E-state index in [0.717, 1.165) is 15.0 Å². The van der Waals surface area contributed by atoms with Crippen LogP contribution in [0.15, 0.2) is 12.1 Å². The SMILES string of the molecule is COCC(CO)NC(=O)CSCc1ccc(Cl)s1. The van der Waals surface area contributed by atoms with Crippen LogP contribution in [0.1, 0.15) is 4.88 Å². The van der Waals surface area contributed by atoms with E-state index in [9.17, 15) is 4.79 Å². The minimum absolute atomic E-state index is 0.0984. The summed E-state index contributed by atoms with van der Waals surface area (Å²) in [4.78, 5) is 12.7. The monoisotopic (exact) mass is 309 g/mol. The number of aliphatic hydroxyl groups is 1. The molecule has 0 spiro atoms. The smallest absolute Gasteiger partial charge is 0.230 e. The maximum atomic E-state index is 11.6. The lowest BCUT2D eigenvalue weighted by Gasteiger charge is -2.14. The fraction of sp³-hybridized carbons (Fsp3) is 0.545. The van der Waals surface area contributed by atoms with Crippen LogP contribution in [0.2, 0.25) is 4.34 Å². The molecule has 1 amide bonds. The van der Waals surface area contributed by atoms with Crippen LogP contribution < -0.4 is 5.32 Å². The zero-order chi connectivity index (χ0) is 13.4. The van der Waals surface area contributed by atoms with Crippen molar-refractivity contribution in [2.24, 2.45) is 0 Å². The van der Waals surface area contributed by atoms with Gasteiger partial charge in [0.2, 0.25) is 5.91 Å². The number of ether oxygens (including phenoxy) is 1. The van der Waals surface area contributed by atoms with Crippen molar-refractivity contribution < 1.29 is 14.6 Å². The summed E-state index contributed by atoms with van der Waals surface area (Å²) < 4.78 is 5.64. The Morgan fingerprint density at radius 2 is 2.44 bits per heavy atom. The predicted octanol–water partition coefficient (Wildman–Crippen LogP) is 1.76. The highest BCUT2D eigenvalue weighted by molar-refractivity contribution is 7.99. The van der Waals surface area contributed by atoms with Crippen LogP contribution in [-0.4, -0.2) is 43.1 Å². The van der Waals surface area contributed by atoms with Gasteiger partial charge < -0.3 is 15.2 Å². The van der Waals surface area contributed by atoms with Gasteiger partial charge >= 0.3 is 0 Å². The summed E-state index contributed by atoms with van der Waals surface area (Å²) in [5.41, 5.74) is 0. The van der Waals surface area contributed by atoms with Crippen molar-refractivity contribution >= 4 is 40.6 Å². The summed E-state index contributed by atoms with van der Waals surface area (Å²) in [6.45, 7) is 0.193. The second-order valence-corrected chi connectivity index (χ2v) is 6.39. The molecule has 1 rings (SSSR count). The van der Waals surface area contributed by atoms with E-state index in [4.69, 9.17) is 21.4 Å². The summed E-state index contributed by atoms with van der Waals surface area (Å²) in [5.74, 6) is 1.02. The predicted molar refractivity (Wildman–Crippen MR) is 76.4 cm³/mol. The molecule has 0 saturated carbocycles. The van der Waals surface area contributed by atoms with Gasteiger partial charge in [0.1, 0.15) is 0 Å². The third-order valence-corrected chi connectivity index (χ3v) is 4.45. The molecule has 0 radical (unpaired) electrons. The molecule has 2 N–H and O–H groups in total. The first-order valence-corrected chi connectivity index (χ1v) is 7.71. The normalized spacial score (nSPS) is 12.4. The van der Waals surface area contributed by atoms with Gasteiger partial charge in [-0.2, -0.15) is 0 Å². The highest BCUT2D eigenvalue weighted by atomic mass is 35.5. The number of hydrogen-bond donors (Lipinski definition) is 2. The number of halogens is 1. The molecule has 1 aromatic rings. The Kier molecular flexibility index (Phi) is 7.69. The van der Waals surface area contributed by atoms with E-state index in [1.54, 1.807) is 0 Å². The topological polar surface area (TPSA) is 58.6 Å². The molecular formula is C11H16ClNO3S2. The van der Waals surface area contributed by atoms with Crippen molar-refractivity contribution in [2.45, 2.75) is 11.8 Å². The molecule has 0 saturated heterocycles. The molecule has 7 heteroatoms. The van der Waals surface area contributed by atoms with Crippen molar-refractivity contribution in [3.8, 4) is 0 Å². The van der Waals surface area contributed by atoms with E-state index in [0.29, 0.717) is 12.4 Å². The Balaban J connectivity index is 2.20. The molecule has 18 heavy (non-hydrogen) atoms. The van der Waals surface area contributed by atoms with Crippen LogP contribution in [0, 0.1) is 0 Å². The molecule has 0 aliphatic carbocycles. The van der Waals surface area contributed by atoms with Gasteiger partial charge in [0, 0.05) is 17.7 Å². The van der Waals surface area contributed by atoms with Gasteiger partial charge in [-0.25, -0.2) is 0 Å².